The molecule has 0 aromatic heterocycles. The van der Waals surface area contributed by atoms with Crippen LogP contribution < -0.4 is 10.6 Å². The van der Waals surface area contributed by atoms with Crippen LogP contribution >= 0.6 is 15.9 Å². The first-order chi connectivity index (χ1) is 9.61. The summed E-state index contributed by atoms with van der Waals surface area (Å²) in [6.07, 6.45) is 7.54. The van der Waals surface area contributed by atoms with Crippen molar-refractivity contribution in [3.05, 3.63) is 28.2 Å². The van der Waals surface area contributed by atoms with Gasteiger partial charge in [0.2, 0.25) is 0 Å². The zero-order valence-corrected chi connectivity index (χ0v) is 14.3. The molecule has 1 aliphatic rings. The van der Waals surface area contributed by atoms with Gasteiger partial charge in [-0.05, 0) is 62.8 Å². The third kappa shape index (κ3) is 3.98. The number of rotatable bonds is 5. The Morgan fingerprint density at radius 1 is 1.40 bits per heavy atom. The first-order valence-electron chi connectivity index (χ1n) is 7.92. The van der Waals surface area contributed by atoms with Gasteiger partial charge in [0.1, 0.15) is 0 Å². The van der Waals surface area contributed by atoms with Crippen LogP contribution in [0.1, 0.15) is 51.5 Å². The average molecular weight is 339 g/mol. The van der Waals surface area contributed by atoms with Crippen molar-refractivity contribution in [2.24, 2.45) is 5.73 Å². The van der Waals surface area contributed by atoms with Crippen LogP contribution in [-0.4, -0.2) is 18.6 Å². The molecule has 0 bridgehead atoms. The monoisotopic (exact) mass is 338 g/mol. The largest absolute Gasteiger partial charge is 0.368 e. The summed E-state index contributed by atoms with van der Waals surface area (Å²) in [6.45, 7) is 5.57. The fourth-order valence-corrected chi connectivity index (χ4v) is 3.70. The molecule has 2 nitrogen and oxygen atoms in total. The third-order valence-corrected chi connectivity index (χ3v) is 4.64. The van der Waals surface area contributed by atoms with Crippen molar-refractivity contribution in [1.29, 1.82) is 0 Å². The number of piperidine rings is 1. The summed E-state index contributed by atoms with van der Waals surface area (Å²) in [4.78, 5) is 2.64. The van der Waals surface area contributed by atoms with Gasteiger partial charge in [0, 0.05) is 28.8 Å². The average Bonchev–Trinajstić information content (AvgIpc) is 2.40. The molecule has 1 aromatic carbocycles. The SMILES string of the molecule is CCCC1CCCCN1c1ccc(Br)cc1CC(C)N. The minimum Gasteiger partial charge on any atom is -0.368 e. The maximum atomic E-state index is 6.03. The van der Waals surface area contributed by atoms with E-state index >= 15 is 0 Å². The second-order valence-corrected chi connectivity index (χ2v) is 7.00. The van der Waals surface area contributed by atoms with E-state index in [0.29, 0.717) is 6.04 Å². The first kappa shape index (κ1) is 15.8. The molecule has 0 amide bonds. The van der Waals surface area contributed by atoms with Crippen molar-refractivity contribution >= 4 is 21.6 Å². The Balaban J connectivity index is 2.28. The molecule has 2 unspecified atom stereocenters. The molecular weight excluding hydrogens is 312 g/mol. The van der Waals surface area contributed by atoms with Gasteiger partial charge in [0.15, 0.2) is 0 Å². The Bertz CT molecular complexity index is 429. The van der Waals surface area contributed by atoms with Crippen LogP contribution in [0, 0.1) is 0 Å². The summed E-state index contributed by atoms with van der Waals surface area (Å²) in [6, 6.07) is 7.60. The molecule has 0 saturated carbocycles. The minimum atomic E-state index is 0.206. The van der Waals surface area contributed by atoms with Gasteiger partial charge in [-0.3, -0.25) is 0 Å². The van der Waals surface area contributed by atoms with Gasteiger partial charge in [-0.2, -0.15) is 0 Å². The lowest BCUT2D eigenvalue weighted by Crippen LogP contribution is -2.40. The van der Waals surface area contributed by atoms with Gasteiger partial charge in [0.05, 0.1) is 0 Å². The van der Waals surface area contributed by atoms with Crippen molar-refractivity contribution in [2.45, 2.75) is 64.5 Å². The molecule has 1 saturated heterocycles. The summed E-state index contributed by atoms with van der Waals surface area (Å²) >= 11 is 3.60. The predicted octanol–water partition coefficient (Wildman–Crippen LogP) is 4.50. The number of halogens is 1. The van der Waals surface area contributed by atoms with Crippen LogP contribution in [0.2, 0.25) is 0 Å². The van der Waals surface area contributed by atoms with Crippen LogP contribution in [-0.2, 0) is 6.42 Å². The Hall–Kier alpha value is -0.540. The van der Waals surface area contributed by atoms with Crippen LogP contribution in [0.3, 0.4) is 0 Å². The molecule has 3 heteroatoms. The second-order valence-electron chi connectivity index (χ2n) is 6.09. The molecule has 0 spiro atoms. The van der Waals surface area contributed by atoms with E-state index in [1.54, 1.807) is 0 Å². The minimum absolute atomic E-state index is 0.206. The summed E-state index contributed by atoms with van der Waals surface area (Å²) in [7, 11) is 0. The lowest BCUT2D eigenvalue weighted by molar-refractivity contribution is 0.433. The number of nitrogens with zero attached hydrogens (tertiary/aromatic N) is 1. The highest BCUT2D eigenvalue weighted by Crippen LogP contribution is 2.32. The molecule has 2 atom stereocenters. The summed E-state index contributed by atoms with van der Waals surface area (Å²) in [5.41, 5.74) is 8.83. The van der Waals surface area contributed by atoms with E-state index in [2.05, 4.69) is 52.9 Å². The van der Waals surface area contributed by atoms with Crippen molar-refractivity contribution < 1.29 is 0 Å². The molecule has 2 N–H and O–H groups in total. The highest BCUT2D eigenvalue weighted by Gasteiger charge is 2.23. The zero-order chi connectivity index (χ0) is 14.5. The van der Waals surface area contributed by atoms with Crippen LogP contribution in [0.25, 0.3) is 0 Å². The number of hydrogen-bond acceptors (Lipinski definition) is 2. The molecule has 112 valence electrons. The number of nitrogens with two attached hydrogens (primary N) is 1. The normalized spacial score (nSPS) is 21.0. The van der Waals surface area contributed by atoms with Crippen LogP contribution in [0.5, 0.6) is 0 Å². The van der Waals surface area contributed by atoms with Crippen molar-refractivity contribution in [3.8, 4) is 0 Å². The van der Waals surface area contributed by atoms with Crippen molar-refractivity contribution in [2.75, 3.05) is 11.4 Å². The van der Waals surface area contributed by atoms with Crippen molar-refractivity contribution in [3.63, 3.8) is 0 Å². The third-order valence-electron chi connectivity index (χ3n) is 4.14. The highest BCUT2D eigenvalue weighted by molar-refractivity contribution is 9.10. The fourth-order valence-electron chi connectivity index (χ4n) is 3.30. The summed E-state index contributed by atoms with van der Waals surface area (Å²) < 4.78 is 1.15. The van der Waals surface area contributed by atoms with E-state index in [1.165, 1.54) is 49.9 Å². The lowest BCUT2D eigenvalue weighted by Gasteiger charge is -2.39. The number of hydrogen-bond donors (Lipinski definition) is 1. The molecule has 0 radical (unpaired) electrons. The first-order valence-corrected chi connectivity index (χ1v) is 8.71. The van der Waals surface area contributed by atoms with Gasteiger partial charge in [0.25, 0.3) is 0 Å². The Kier molecular flexibility index (Phi) is 5.91. The lowest BCUT2D eigenvalue weighted by atomic mass is 9.95. The van der Waals surface area contributed by atoms with Gasteiger partial charge in [-0.25, -0.2) is 0 Å². The molecule has 1 aromatic rings. The Labute approximate surface area is 131 Å². The molecule has 2 rings (SSSR count). The Morgan fingerprint density at radius 2 is 2.20 bits per heavy atom. The molecule has 1 fully saturated rings. The van der Waals surface area contributed by atoms with E-state index in [9.17, 15) is 0 Å². The van der Waals surface area contributed by atoms with Gasteiger partial charge in [-0.1, -0.05) is 29.3 Å². The fraction of sp³-hybridized carbons (Fsp3) is 0.647. The smallest absolute Gasteiger partial charge is 0.0402 e. The van der Waals surface area contributed by atoms with Gasteiger partial charge in [-0.15, -0.1) is 0 Å². The van der Waals surface area contributed by atoms with E-state index in [-0.39, 0.29) is 6.04 Å². The van der Waals surface area contributed by atoms with Crippen molar-refractivity contribution in [1.82, 2.24) is 0 Å². The topological polar surface area (TPSA) is 29.3 Å². The second kappa shape index (κ2) is 7.46. The number of anilines is 1. The quantitative estimate of drug-likeness (QED) is 0.856. The van der Waals surface area contributed by atoms with Crippen LogP contribution in [0.15, 0.2) is 22.7 Å². The maximum Gasteiger partial charge on any atom is 0.0402 e. The number of benzene rings is 1. The molecule has 1 heterocycles. The summed E-state index contributed by atoms with van der Waals surface area (Å²) in [5, 5.41) is 0. The maximum absolute atomic E-state index is 6.03. The molecule has 0 aliphatic carbocycles. The Morgan fingerprint density at radius 3 is 2.90 bits per heavy atom. The zero-order valence-electron chi connectivity index (χ0n) is 12.7. The van der Waals surface area contributed by atoms with E-state index < -0.39 is 0 Å². The molecule has 1 aliphatic heterocycles. The molecular formula is C17H27BrN2. The standard InChI is InChI=1S/C17H27BrN2/c1-3-6-16-7-4-5-10-20(16)17-9-8-15(18)12-14(17)11-13(2)19/h8-9,12-13,16H,3-7,10-11,19H2,1-2H3. The van der Waals surface area contributed by atoms with E-state index in [1.807, 2.05) is 0 Å². The summed E-state index contributed by atoms with van der Waals surface area (Å²) in [5.74, 6) is 0. The van der Waals surface area contributed by atoms with E-state index in [0.717, 1.165) is 10.9 Å². The van der Waals surface area contributed by atoms with Gasteiger partial charge >= 0.3 is 0 Å². The predicted molar refractivity (Wildman–Crippen MR) is 91.4 cm³/mol. The highest BCUT2D eigenvalue weighted by atomic mass is 79.9. The molecule has 20 heavy (non-hydrogen) atoms. The van der Waals surface area contributed by atoms with E-state index in [4.69, 9.17) is 5.73 Å². The van der Waals surface area contributed by atoms with Crippen LogP contribution in [0.4, 0.5) is 5.69 Å². The van der Waals surface area contributed by atoms with Gasteiger partial charge < -0.3 is 10.6 Å².